The Hall–Kier alpha value is -2.06. The molecule has 0 atom stereocenters. The van der Waals surface area contributed by atoms with E-state index in [4.69, 9.17) is 10.00 Å². The van der Waals surface area contributed by atoms with E-state index >= 15 is 0 Å². The lowest BCUT2D eigenvalue weighted by Gasteiger charge is -2.18. The SMILES string of the molecule is N#Cc1ccccc1OCCCN1CCNC(=O)CC1. The summed E-state index contributed by atoms with van der Waals surface area (Å²) in [5.74, 6) is 0.773. The summed E-state index contributed by atoms with van der Waals surface area (Å²) < 4.78 is 5.64. The maximum absolute atomic E-state index is 11.2. The van der Waals surface area contributed by atoms with Crippen LogP contribution in [0, 0.1) is 11.3 Å². The molecule has 1 aliphatic rings. The second kappa shape index (κ2) is 7.51. The molecule has 1 aliphatic heterocycles. The predicted molar refractivity (Wildman–Crippen MR) is 75.3 cm³/mol. The molecule has 0 aromatic heterocycles. The highest BCUT2D eigenvalue weighted by molar-refractivity contribution is 5.76. The molecule has 1 fully saturated rings. The van der Waals surface area contributed by atoms with Gasteiger partial charge in [-0.2, -0.15) is 5.26 Å². The van der Waals surface area contributed by atoms with Gasteiger partial charge in [-0.3, -0.25) is 4.79 Å². The first kappa shape index (κ1) is 14.4. The number of nitrogens with zero attached hydrogens (tertiary/aromatic N) is 2. The van der Waals surface area contributed by atoms with E-state index in [1.165, 1.54) is 0 Å². The van der Waals surface area contributed by atoms with Crippen LogP contribution < -0.4 is 10.1 Å². The first-order valence-electron chi connectivity index (χ1n) is 6.90. The molecule has 1 heterocycles. The summed E-state index contributed by atoms with van der Waals surface area (Å²) in [6, 6.07) is 9.37. The zero-order valence-electron chi connectivity index (χ0n) is 11.5. The minimum atomic E-state index is 0.131. The van der Waals surface area contributed by atoms with Crippen LogP contribution in [0.25, 0.3) is 0 Å². The number of rotatable bonds is 5. The zero-order valence-corrected chi connectivity index (χ0v) is 11.5. The van der Waals surface area contributed by atoms with Gasteiger partial charge in [-0.05, 0) is 18.6 Å². The molecule has 5 nitrogen and oxygen atoms in total. The minimum absolute atomic E-state index is 0.131. The molecule has 1 aromatic rings. The summed E-state index contributed by atoms with van der Waals surface area (Å²) in [6.45, 7) is 3.90. The Morgan fingerprint density at radius 3 is 3.05 bits per heavy atom. The van der Waals surface area contributed by atoms with Crippen LogP contribution in [0.1, 0.15) is 18.4 Å². The largest absolute Gasteiger partial charge is 0.492 e. The van der Waals surface area contributed by atoms with Gasteiger partial charge in [-0.1, -0.05) is 12.1 Å². The van der Waals surface area contributed by atoms with Gasteiger partial charge < -0.3 is 15.0 Å². The van der Waals surface area contributed by atoms with Gasteiger partial charge in [0.1, 0.15) is 11.8 Å². The van der Waals surface area contributed by atoms with Crippen LogP contribution in [0.5, 0.6) is 5.75 Å². The average Bonchev–Trinajstić information content (AvgIpc) is 2.69. The van der Waals surface area contributed by atoms with Gasteiger partial charge in [-0.15, -0.1) is 0 Å². The molecule has 106 valence electrons. The first-order valence-corrected chi connectivity index (χ1v) is 6.90. The Labute approximate surface area is 119 Å². The molecule has 20 heavy (non-hydrogen) atoms. The molecule has 0 saturated carbocycles. The Morgan fingerprint density at radius 1 is 1.35 bits per heavy atom. The van der Waals surface area contributed by atoms with Crippen molar-refractivity contribution < 1.29 is 9.53 Å². The van der Waals surface area contributed by atoms with Crippen LogP contribution in [0.2, 0.25) is 0 Å². The smallest absolute Gasteiger partial charge is 0.221 e. The van der Waals surface area contributed by atoms with Crippen molar-refractivity contribution in [1.82, 2.24) is 10.2 Å². The number of carbonyl (C=O) groups excluding carboxylic acids is 1. The van der Waals surface area contributed by atoms with Gasteiger partial charge in [0.15, 0.2) is 0 Å². The molecule has 5 heteroatoms. The zero-order chi connectivity index (χ0) is 14.2. The molecule has 1 amide bonds. The predicted octanol–water partition coefficient (Wildman–Crippen LogP) is 1.15. The molecule has 0 bridgehead atoms. The molecule has 0 radical (unpaired) electrons. The summed E-state index contributed by atoms with van der Waals surface area (Å²) in [5.41, 5.74) is 0.567. The number of nitrogens with one attached hydrogen (secondary N) is 1. The molecule has 2 rings (SSSR count). The van der Waals surface area contributed by atoms with Crippen molar-refractivity contribution in [3.05, 3.63) is 29.8 Å². The van der Waals surface area contributed by atoms with Crippen LogP contribution >= 0.6 is 0 Å². The van der Waals surface area contributed by atoms with Crippen LogP contribution in [0.15, 0.2) is 24.3 Å². The number of hydrogen-bond acceptors (Lipinski definition) is 4. The quantitative estimate of drug-likeness (QED) is 0.817. The number of para-hydroxylation sites is 1. The number of carbonyl (C=O) groups is 1. The standard InChI is InChI=1S/C15H19N3O2/c16-12-13-4-1-2-5-14(13)20-11-3-8-18-9-6-15(19)17-7-10-18/h1-2,4-5H,3,6-11H2,(H,17,19). The highest BCUT2D eigenvalue weighted by Gasteiger charge is 2.12. The van der Waals surface area contributed by atoms with Crippen molar-refractivity contribution in [3.8, 4) is 11.8 Å². The number of benzene rings is 1. The fraction of sp³-hybridized carbons (Fsp3) is 0.467. The molecule has 1 aromatic carbocycles. The fourth-order valence-electron chi connectivity index (χ4n) is 2.19. The van der Waals surface area contributed by atoms with Gasteiger partial charge in [-0.25, -0.2) is 0 Å². The van der Waals surface area contributed by atoms with Crippen LogP contribution in [-0.2, 0) is 4.79 Å². The average molecular weight is 273 g/mol. The highest BCUT2D eigenvalue weighted by Crippen LogP contribution is 2.16. The van der Waals surface area contributed by atoms with Crippen molar-refractivity contribution in [2.24, 2.45) is 0 Å². The molecule has 1 N–H and O–H groups in total. The van der Waals surface area contributed by atoms with Gasteiger partial charge in [0, 0.05) is 32.6 Å². The molecule has 0 unspecified atom stereocenters. The van der Waals surface area contributed by atoms with Gasteiger partial charge in [0.2, 0.25) is 5.91 Å². The van der Waals surface area contributed by atoms with E-state index in [9.17, 15) is 4.79 Å². The van der Waals surface area contributed by atoms with Crippen LogP contribution in [0.3, 0.4) is 0 Å². The second-order valence-corrected chi connectivity index (χ2v) is 4.75. The monoisotopic (exact) mass is 273 g/mol. The van der Waals surface area contributed by atoms with E-state index in [1.54, 1.807) is 6.07 Å². The first-order chi connectivity index (χ1) is 9.79. The van der Waals surface area contributed by atoms with Crippen molar-refractivity contribution in [2.75, 3.05) is 32.8 Å². The van der Waals surface area contributed by atoms with Crippen molar-refractivity contribution in [1.29, 1.82) is 5.26 Å². The second-order valence-electron chi connectivity index (χ2n) is 4.75. The third kappa shape index (κ3) is 4.25. The Balaban J connectivity index is 1.71. The molecule has 0 aliphatic carbocycles. The lowest BCUT2D eigenvalue weighted by molar-refractivity contribution is -0.120. The van der Waals surface area contributed by atoms with E-state index in [0.29, 0.717) is 24.3 Å². The van der Waals surface area contributed by atoms with Crippen LogP contribution in [0.4, 0.5) is 0 Å². The van der Waals surface area contributed by atoms with Crippen LogP contribution in [-0.4, -0.2) is 43.6 Å². The number of amides is 1. The van der Waals surface area contributed by atoms with E-state index < -0.39 is 0 Å². The maximum Gasteiger partial charge on any atom is 0.221 e. The van der Waals surface area contributed by atoms with Gasteiger partial charge in [0.05, 0.1) is 12.2 Å². The third-order valence-corrected chi connectivity index (χ3v) is 3.29. The Kier molecular flexibility index (Phi) is 5.39. The maximum atomic E-state index is 11.2. The molecular formula is C15H19N3O2. The summed E-state index contributed by atoms with van der Waals surface area (Å²) in [5, 5.41) is 11.8. The van der Waals surface area contributed by atoms with Gasteiger partial charge in [0.25, 0.3) is 0 Å². The Morgan fingerprint density at radius 2 is 2.20 bits per heavy atom. The summed E-state index contributed by atoms with van der Waals surface area (Å²) in [4.78, 5) is 13.5. The van der Waals surface area contributed by atoms with Crippen molar-refractivity contribution in [2.45, 2.75) is 12.8 Å². The van der Waals surface area contributed by atoms with Crippen molar-refractivity contribution >= 4 is 5.91 Å². The van der Waals surface area contributed by atoms with E-state index in [2.05, 4.69) is 16.3 Å². The number of hydrogen-bond donors (Lipinski definition) is 1. The number of nitriles is 1. The molecule has 1 saturated heterocycles. The minimum Gasteiger partial charge on any atom is -0.492 e. The highest BCUT2D eigenvalue weighted by atomic mass is 16.5. The van der Waals surface area contributed by atoms with Crippen molar-refractivity contribution in [3.63, 3.8) is 0 Å². The van der Waals surface area contributed by atoms with E-state index in [0.717, 1.165) is 32.6 Å². The summed E-state index contributed by atoms with van der Waals surface area (Å²) >= 11 is 0. The topological polar surface area (TPSA) is 65.4 Å². The molecule has 0 spiro atoms. The fourth-order valence-corrected chi connectivity index (χ4v) is 2.19. The van der Waals surface area contributed by atoms with E-state index in [-0.39, 0.29) is 5.91 Å². The van der Waals surface area contributed by atoms with Gasteiger partial charge >= 0.3 is 0 Å². The summed E-state index contributed by atoms with van der Waals surface area (Å²) in [6.07, 6.45) is 1.45. The lowest BCUT2D eigenvalue weighted by atomic mass is 10.2. The summed E-state index contributed by atoms with van der Waals surface area (Å²) in [7, 11) is 0. The molecular weight excluding hydrogens is 254 g/mol. The lowest BCUT2D eigenvalue weighted by Crippen LogP contribution is -2.30. The Bertz CT molecular complexity index is 496. The normalized spacial score (nSPS) is 16.1. The third-order valence-electron chi connectivity index (χ3n) is 3.29. The number of ether oxygens (including phenoxy) is 1. The van der Waals surface area contributed by atoms with E-state index in [1.807, 2.05) is 18.2 Å².